The minimum atomic E-state index is -4.46. The number of halogens is 3. The minimum Gasteiger partial charge on any atom is -0.367 e. The van der Waals surface area contributed by atoms with E-state index in [1.165, 1.54) is 41.0 Å². The number of anilines is 1. The monoisotopic (exact) mass is 742 g/mol. The van der Waals surface area contributed by atoms with Crippen molar-refractivity contribution in [3.63, 3.8) is 0 Å². The van der Waals surface area contributed by atoms with Gasteiger partial charge in [-0.15, -0.1) is 0 Å². The molecule has 9 heteroatoms. The predicted molar refractivity (Wildman–Crippen MR) is 211 cm³/mol. The molecule has 0 aliphatic carbocycles. The number of piperazine rings is 1. The Labute approximate surface area is 321 Å². The molecule has 0 saturated carbocycles. The van der Waals surface area contributed by atoms with Crippen molar-refractivity contribution < 1.29 is 22.8 Å². The lowest BCUT2D eigenvalue weighted by Gasteiger charge is -2.39. The molecule has 55 heavy (non-hydrogen) atoms. The minimum absolute atomic E-state index is 0.122. The Balaban J connectivity index is 1.14. The number of benzene rings is 5. The molecule has 6 nitrogen and oxygen atoms in total. The van der Waals surface area contributed by atoms with Gasteiger partial charge in [0.2, 0.25) is 11.8 Å². The maximum Gasteiger partial charge on any atom is 0.416 e. The summed E-state index contributed by atoms with van der Waals surface area (Å²) in [6.45, 7) is 5.20. The Morgan fingerprint density at radius 1 is 0.673 bits per heavy atom. The van der Waals surface area contributed by atoms with Crippen molar-refractivity contribution in [1.29, 1.82) is 0 Å². The van der Waals surface area contributed by atoms with Crippen LogP contribution < -0.4 is 4.90 Å². The van der Waals surface area contributed by atoms with Crippen molar-refractivity contribution in [1.82, 2.24) is 14.7 Å². The molecule has 7 rings (SSSR count). The Morgan fingerprint density at radius 3 is 1.95 bits per heavy atom. The Morgan fingerprint density at radius 2 is 1.29 bits per heavy atom. The predicted octanol–water partition coefficient (Wildman–Crippen LogP) is 8.27. The topological polar surface area (TPSA) is 47.1 Å². The van der Waals surface area contributed by atoms with E-state index in [0.29, 0.717) is 38.2 Å². The highest BCUT2D eigenvalue weighted by molar-refractivity contribution is 5.95. The van der Waals surface area contributed by atoms with E-state index >= 15 is 0 Å². The highest BCUT2D eigenvalue weighted by Crippen LogP contribution is 2.30. The summed E-state index contributed by atoms with van der Waals surface area (Å²) < 4.78 is 39.7. The molecule has 1 atom stereocenters. The standard InChI is InChI=1S/C46H45F3N4O2/c47-46(48,49)41-20-15-35(16-21-41)19-24-44(54)53(33-38-17-22-42(23-18-38)52-26-25-39-13-7-8-14-40(39)34-52)43(31-36-9-3-1-4-10-36)45(55)51-29-27-50(28-30-51)32-37-11-5-2-6-12-37/h1-24,43H,25-34H2. The number of nitrogens with zero attached hydrogens (tertiary/aromatic N) is 4. The highest BCUT2D eigenvalue weighted by atomic mass is 19.4. The van der Waals surface area contributed by atoms with E-state index in [4.69, 9.17) is 0 Å². The van der Waals surface area contributed by atoms with Crippen molar-refractivity contribution in [2.75, 3.05) is 37.6 Å². The first kappa shape index (κ1) is 37.6. The zero-order valence-electron chi connectivity index (χ0n) is 30.7. The number of alkyl halides is 3. The molecule has 2 heterocycles. The van der Waals surface area contributed by atoms with Crippen LogP contribution in [0.2, 0.25) is 0 Å². The summed E-state index contributed by atoms with van der Waals surface area (Å²) in [5.41, 5.74) is 6.49. The highest BCUT2D eigenvalue weighted by Gasteiger charge is 2.34. The third-order valence-electron chi connectivity index (χ3n) is 10.6. The third kappa shape index (κ3) is 9.72. The van der Waals surface area contributed by atoms with Crippen molar-refractivity contribution in [3.05, 3.63) is 178 Å². The van der Waals surface area contributed by atoms with Gasteiger partial charge in [-0.05, 0) is 70.1 Å². The molecule has 2 amide bonds. The van der Waals surface area contributed by atoms with Crippen molar-refractivity contribution in [2.24, 2.45) is 0 Å². The van der Waals surface area contributed by atoms with E-state index in [-0.39, 0.29) is 12.5 Å². The first-order valence-corrected chi connectivity index (χ1v) is 18.9. The van der Waals surface area contributed by atoms with Gasteiger partial charge in [0.1, 0.15) is 6.04 Å². The zero-order chi connectivity index (χ0) is 38.2. The van der Waals surface area contributed by atoms with Gasteiger partial charge >= 0.3 is 6.18 Å². The summed E-state index contributed by atoms with van der Waals surface area (Å²) in [7, 11) is 0. The van der Waals surface area contributed by atoms with E-state index in [1.54, 1.807) is 4.90 Å². The second kappa shape index (κ2) is 17.2. The summed E-state index contributed by atoms with van der Waals surface area (Å²) in [4.78, 5) is 37.1. The van der Waals surface area contributed by atoms with Crippen LogP contribution in [-0.2, 0) is 48.2 Å². The number of rotatable bonds is 11. The molecule has 0 spiro atoms. The van der Waals surface area contributed by atoms with E-state index in [9.17, 15) is 22.8 Å². The van der Waals surface area contributed by atoms with Crippen LogP contribution in [0.1, 0.15) is 38.9 Å². The summed E-state index contributed by atoms with van der Waals surface area (Å²) >= 11 is 0. The van der Waals surface area contributed by atoms with Gasteiger partial charge in [-0.3, -0.25) is 14.5 Å². The smallest absolute Gasteiger partial charge is 0.367 e. The molecule has 282 valence electrons. The summed E-state index contributed by atoms with van der Waals surface area (Å²) in [5, 5.41) is 0. The van der Waals surface area contributed by atoms with Crippen LogP contribution in [-0.4, -0.2) is 65.3 Å². The lowest BCUT2D eigenvalue weighted by atomic mass is 9.99. The molecular formula is C46H45F3N4O2. The fourth-order valence-corrected chi connectivity index (χ4v) is 7.46. The SMILES string of the molecule is O=C(C(Cc1ccccc1)N(Cc1ccc(N2CCc3ccccc3C2)cc1)C(=O)C=Cc1ccc(C(F)(F)F)cc1)N1CCN(Cc2ccccc2)CC1. The van der Waals surface area contributed by atoms with Gasteiger partial charge in [-0.25, -0.2) is 0 Å². The third-order valence-corrected chi connectivity index (χ3v) is 10.6. The number of hydrogen-bond donors (Lipinski definition) is 0. The van der Waals surface area contributed by atoms with Crippen LogP contribution in [0, 0.1) is 0 Å². The average Bonchev–Trinajstić information content (AvgIpc) is 3.22. The molecule has 5 aromatic carbocycles. The lowest BCUT2D eigenvalue weighted by Crippen LogP contribution is -2.56. The van der Waals surface area contributed by atoms with Gasteiger partial charge in [-0.1, -0.05) is 109 Å². The fraction of sp³-hybridized carbons (Fsp3) is 0.261. The van der Waals surface area contributed by atoms with Gasteiger partial charge in [0, 0.05) is 70.5 Å². The fourth-order valence-electron chi connectivity index (χ4n) is 7.46. The number of carbonyl (C=O) groups is 2. The van der Waals surface area contributed by atoms with Gasteiger partial charge in [0.15, 0.2) is 0 Å². The van der Waals surface area contributed by atoms with Crippen LogP contribution in [0.3, 0.4) is 0 Å². The van der Waals surface area contributed by atoms with Gasteiger partial charge in [0.25, 0.3) is 0 Å². The first-order chi connectivity index (χ1) is 26.7. The summed E-state index contributed by atoms with van der Waals surface area (Å²) in [5.74, 6) is -0.517. The van der Waals surface area contributed by atoms with Crippen LogP contribution in [0.25, 0.3) is 6.08 Å². The van der Waals surface area contributed by atoms with Gasteiger partial charge in [-0.2, -0.15) is 13.2 Å². The largest absolute Gasteiger partial charge is 0.416 e. The molecule has 0 aromatic heterocycles. The summed E-state index contributed by atoms with van der Waals surface area (Å²) in [6.07, 6.45) is -0.296. The van der Waals surface area contributed by atoms with Crippen molar-refractivity contribution in [3.8, 4) is 0 Å². The Hall–Kier alpha value is -5.67. The van der Waals surface area contributed by atoms with Crippen LogP contribution >= 0.6 is 0 Å². The maximum absolute atomic E-state index is 14.6. The molecule has 0 radical (unpaired) electrons. The Kier molecular flexibility index (Phi) is 11.8. The first-order valence-electron chi connectivity index (χ1n) is 18.9. The quantitative estimate of drug-likeness (QED) is 0.128. The molecule has 2 aliphatic heterocycles. The summed E-state index contributed by atoms with van der Waals surface area (Å²) in [6, 6.07) is 40.5. The molecule has 2 aliphatic rings. The van der Waals surface area contributed by atoms with Gasteiger partial charge < -0.3 is 14.7 Å². The van der Waals surface area contributed by atoms with Crippen LogP contribution in [0.5, 0.6) is 0 Å². The average molecular weight is 743 g/mol. The van der Waals surface area contributed by atoms with Crippen LogP contribution in [0.15, 0.2) is 140 Å². The second-order valence-electron chi connectivity index (χ2n) is 14.3. The second-order valence-corrected chi connectivity index (χ2v) is 14.3. The molecule has 1 unspecified atom stereocenters. The number of carbonyl (C=O) groups excluding carboxylic acids is 2. The molecular weight excluding hydrogens is 698 g/mol. The lowest BCUT2D eigenvalue weighted by molar-refractivity contribution is -0.145. The number of fused-ring (bicyclic) bond motifs is 1. The Bertz CT molecular complexity index is 2060. The number of amides is 2. The molecule has 1 saturated heterocycles. The molecule has 5 aromatic rings. The van der Waals surface area contributed by atoms with E-state index < -0.39 is 23.7 Å². The van der Waals surface area contributed by atoms with Crippen molar-refractivity contribution >= 4 is 23.6 Å². The number of hydrogen-bond acceptors (Lipinski definition) is 4. The maximum atomic E-state index is 14.6. The van der Waals surface area contributed by atoms with E-state index in [0.717, 1.165) is 55.0 Å². The van der Waals surface area contributed by atoms with Crippen LogP contribution in [0.4, 0.5) is 18.9 Å². The molecule has 0 N–H and O–H groups in total. The van der Waals surface area contributed by atoms with Crippen molar-refractivity contribution in [2.45, 2.75) is 44.7 Å². The van der Waals surface area contributed by atoms with E-state index in [2.05, 4.69) is 58.3 Å². The van der Waals surface area contributed by atoms with Gasteiger partial charge in [0.05, 0.1) is 5.56 Å². The molecule has 1 fully saturated rings. The van der Waals surface area contributed by atoms with E-state index in [1.807, 2.05) is 65.6 Å². The zero-order valence-corrected chi connectivity index (χ0v) is 30.7. The molecule has 0 bridgehead atoms. The normalized spacial score (nSPS) is 15.5.